The van der Waals surface area contributed by atoms with Crippen molar-refractivity contribution in [1.82, 2.24) is 0 Å². The Morgan fingerprint density at radius 1 is 1.67 bits per heavy atom. The summed E-state index contributed by atoms with van der Waals surface area (Å²) in [7, 11) is 0. The molecule has 1 aliphatic rings. The third-order valence-corrected chi connectivity index (χ3v) is 0.733. The van der Waals surface area contributed by atoms with Gasteiger partial charge in [0.25, 0.3) is 0 Å². The summed E-state index contributed by atoms with van der Waals surface area (Å²) in [6.45, 7) is 1.05. The van der Waals surface area contributed by atoms with Crippen molar-refractivity contribution in [3.05, 3.63) is 12.2 Å². The molecule has 0 amide bonds. The predicted octanol–water partition coefficient (Wildman–Crippen LogP) is -1.10. The molecule has 0 aromatic rings. The van der Waals surface area contributed by atoms with Crippen molar-refractivity contribution in [2.24, 2.45) is 0 Å². The van der Waals surface area contributed by atoms with Crippen molar-refractivity contribution in [3.63, 3.8) is 0 Å². The molecule has 1 aliphatic heterocycles. The Bertz CT molecular complexity index is 69.9. The van der Waals surface area contributed by atoms with E-state index in [0.717, 1.165) is 13.0 Å². The van der Waals surface area contributed by atoms with Gasteiger partial charge in [-0.05, 0) is 0 Å². The first-order chi connectivity index (χ1) is 3.00. The molecule has 1 nitrogen and oxygen atoms in total. The van der Waals surface area contributed by atoms with Crippen LogP contribution in [0.15, 0.2) is 6.08 Å². The Morgan fingerprint density at radius 3 is 2.83 bits per heavy atom. The van der Waals surface area contributed by atoms with E-state index in [1.165, 1.54) is 0 Å². The number of rotatable bonds is 0. The Labute approximate surface area is 37.4 Å². The molecule has 1 rings (SSSR count). The Hall–Kier alpha value is -0.590. The number of hydrogen-bond acceptors (Lipinski definition) is 0. The lowest BCUT2D eigenvalue weighted by Crippen LogP contribution is -2.69. The Balaban J connectivity index is 2.46. The SMILES string of the molecule is [C-]1=CC=[NH+]CC1. The van der Waals surface area contributed by atoms with E-state index < -0.39 is 0 Å². The molecule has 1 heteroatoms. The first kappa shape index (κ1) is 3.59. The first-order valence-corrected chi connectivity index (χ1v) is 2.12. The normalized spacial score (nSPS) is 18.7. The second kappa shape index (κ2) is 1.75. The average molecular weight is 81.1 g/mol. The fourth-order valence-corrected chi connectivity index (χ4v) is 0.429. The minimum atomic E-state index is 1.05. The summed E-state index contributed by atoms with van der Waals surface area (Å²) in [4.78, 5) is 3.04. The van der Waals surface area contributed by atoms with Crippen molar-refractivity contribution < 1.29 is 4.99 Å². The minimum absolute atomic E-state index is 1.05. The summed E-state index contributed by atoms with van der Waals surface area (Å²) in [5, 5.41) is 0. The number of nitrogens with one attached hydrogen (secondary N) is 1. The van der Waals surface area contributed by atoms with Gasteiger partial charge in [-0.1, -0.05) is 6.42 Å². The van der Waals surface area contributed by atoms with E-state index in [1.54, 1.807) is 0 Å². The maximum absolute atomic E-state index is 3.04. The highest BCUT2D eigenvalue weighted by atomic mass is 14.7. The second-order valence-corrected chi connectivity index (χ2v) is 1.24. The highest BCUT2D eigenvalue weighted by Crippen LogP contribution is 1.72. The van der Waals surface area contributed by atoms with Crippen LogP contribution in [0.1, 0.15) is 6.42 Å². The molecular weight excluding hydrogens is 74.1 g/mol. The van der Waals surface area contributed by atoms with Crippen LogP contribution in [0.4, 0.5) is 0 Å². The number of allylic oxidation sites excluding steroid dienone is 1. The molecule has 0 atom stereocenters. The van der Waals surface area contributed by atoms with Crippen LogP contribution in [0.5, 0.6) is 0 Å². The van der Waals surface area contributed by atoms with E-state index in [0.29, 0.717) is 0 Å². The zero-order valence-corrected chi connectivity index (χ0v) is 3.57. The molecule has 0 saturated carbocycles. The molecule has 0 radical (unpaired) electrons. The zero-order chi connectivity index (χ0) is 4.24. The summed E-state index contributed by atoms with van der Waals surface area (Å²) in [6.07, 6.45) is 7.91. The van der Waals surface area contributed by atoms with Crippen molar-refractivity contribution in [2.45, 2.75) is 6.42 Å². The van der Waals surface area contributed by atoms with Gasteiger partial charge >= 0.3 is 0 Å². The average Bonchev–Trinajstić information content (AvgIpc) is 1.72. The van der Waals surface area contributed by atoms with Gasteiger partial charge in [-0.25, -0.2) is 0 Å². The first-order valence-electron chi connectivity index (χ1n) is 2.12. The zero-order valence-electron chi connectivity index (χ0n) is 3.57. The van der Waals surface area contributed by atoms with Gasteiger partial charge in [-0.15, -0.1) is 0 Å². The van der Waals surface area contributed by atoms with Gasteiger partial charge in [-0.2, -0.15) is 6.08 Å². The van der Waals surface area contributed by atoms with Gasteiger partial charge < -0.3 is 4.99 Å². The molecule has 0 spiro atoms. The summed E-state index contributed by atoms with van der Waals surface area (Å²) < 4.78 is 0. The van der Waals surface area contributed by atoms with Crippen molar-refractivity contribution in [3.8, 4) is 0 Å². The molecule has 32 valence electrons. The van der Waals surface area contributed by atoms with E-state index in [9.17, 15) is 0 Å². The van der Waals surface area contributed by atoms with E-state index >= 15 is 0 Å². The molecule has 0 aromatic carbocycles. The molecule has 0 aromatic heterocycles. The fraction of sp³-hybridized carbons (Fsp3) is 0.400. The molecule has 1 heterocycles. The van der Waals surface area contributed by atoms with Gasteiger partial charge in [0.2, 0.25) is 0 Å². The van der Waals surface area contributed by atoms with Gasteiger partial charge in [0.1, 0.15) is 6.54 Å². The largest absolute Gasteiger partial charge is 0.328 e. The smallest absolute Gasteiger partial charge is 0.111 e. The standard InChI is InChI=1S/C5H6N/c1-2-4-6-5-3-1/h2,4H,3,5H2/q-1/p+1. The van der Waals surface area contributed by atoms with Crippen LogP contribution in [0.2, 0.25) is 0 Å². The van der Waals surface area contributed by atoms with E-state index in [4.69, 9.17) is 0 Å². The lowest BCUT2D eigenvalue weighted by Gasteiger charge is -1.93. The predicted molar refractivity (Wildman–Crippen MR) is 24.3 cm³/mol. The molecule has 6 heavy (non-hydrogen) atoms. The van der Waals surface area contributed by atoms with Crippen molar-refractivity contribution in [1.29, 1.82) is 0 Å². The molecular formula is C5H7N. The summed E-state index contributed by atoms with van der Waals surface area (Å²) in [6, 6.07) is 0. The van der Waals surface area contributed by atoms with E-state index in [1.807, 2.05) is 12.3 Å². The van der Waals surface area contributed by atoms with Crippen LogP contribution in [-0.4, -0.2) is 12.8 Å². The third kappa shape index (κ3) is 0.677. The molecule has 0 aliphatic carbocycles. The Morgan fingerprint density at radius 2 is 2.67 bits per heavy atom. The second-order valence-electron chi connectivity index (χ2n) is 1.24. The molecule has 0 unspecified atom stereocenters. The summed E-state index contributed by atoms with van der Waals surface area (Å²) in [5.41, 5.74) is 0. The third-order valence-electron chi connectivity index (χ3n) is 0.733. The Kier molecular flexibility index (Phi) is 1.05. The van der Waals surface area contributed by atoms with Gasteiger partial charge in [-0.3, -0.25) is 6.08 Å². The topological polar surface area (TPSA) is 14.0 Å². The van der Waals surface area contributed by atoms with Gasteiger partial charge in [0.05, 0.1) is 0 Å². The van der Waals surface area contributed by atoms with Crippen LogP contribution < -0.4 is 4.99 Å². The minimum Gasteiger partial charge on any atom is -0.328 e. The molecule has 0 fully saturated rings. The molecule has 0 bridgehead atoms. The maximum Gasteiger partial charge on any atom is 0.111 e. The van der Waals surface area contributed by atoms with Crippen molar-refractivity contribution >= 4 is 6.21 Å². The van der Waals surface area contributed by atoms with Crippen LogP contribution in [0.3, 0.4) is 0 Å². The summed E-state index contributed by atoms with van der Waals surface area (Å²) >= 11 is 0. The van der Waals surface area contributed by atoms with Gasteiger partial charge in [0, 0.05) is 6.21 Å². The molecule has 0 saturated heterocycles. The quantitative estimate of drug-likeness (QED) is 0.356. The molecule has 1 N–H and O–H groups in total. The monoisotopic (exact) mass is 81.1 g/mol. The number of hydrogen-bond donors (Lipinski definition) is 1. The lowest BCUT2D eigenvalue weighted by molar-refractivity contribution is -0.451. The maximum atomic E-state index is 3.04. The van der Waals surface area contributed by atoms with Crippen LogP contribution >= 0.6 is 0 Å². The van der Waals surface area contributed by atoms with Gasteiger partial charge in [0.15, 0.2) is 0 Å². The highest BCUT2D eigenvalue weighted by Gasteiger charge is 1.74. The van der Waals surface area contributed by atoms with Crippen molar-refractivity contribution in [2.75, 3.05) is 6.54 Å². The van der Waals surface area contributed by atoms with E-state index in [-0.39, 0.29) is 0 Å². The van der Waals surface area contributed by atoms with Crippen LogP contribution in [-0.2, 0) is 0 Å². The van der Waals surface area contributed by atoms with E-state index in [2.05, 4.69) is 11.1 Å². The summed E-state index contributed by atoms with van der Waals surface area (Å²) in [5.74, 6) is 0. The highest BCUT2D eigenvalue weighted by molar-refractivity contribution is 5.64. The lowest BCUT2D eigenvalue weighted by atomic mass is 10.3. The fourth-order valence-electron chi connectivity index (χ4n) is 0.429. The van der Waals surface area contributed by atoms with Crippen LogP contribution in [0.25, 0.3) is 0 Å². The van der Waals surface area contributed by atoms with Crippen LogP contribution in [0, 0.1) is 6.08 Å².